The fourth-order valence-corrected chi connectivity index (χ4v) is 4.42. The molecule has 0 bridgehead atoms. The largest absolute Gasteiger partial charge is 0.236 e. The van der Waals surface area contributed by atoms with Crippen molar-refractivity contribution < 1.29 is 0 Å². The van der Waals surface area contributed by atoms with Crippen LogP contribution in [-0.4, -0.2) is 9.97 Å². The molecule has 1 aromatic heterocycles. The summed E-state index contributed by atoms with van der Waals surface area (Å²) in [6, 6.07) is 42.8. The van der Waals surface area contributed by atoms with E-state index in [1.165, 1.54) is 44.5 Å². The number of aryl methyl sites for hydroxylation is 4. The molecule has 0 N–H and O–H groups in total. The van der Waals surface area contributed by atoms with Crippen LogP contribution >= 0.6 is 0 Å². The van der Waals surface area contributed by atoms with E-state index in [2.05, 4.69) is 159 Å². The Labute approximate surface area is 238 Å². The summed E-state index contributed by atoms with van der Waals surface area (Å²) in [5.41, 5.74) is 13.4. The molecule has 0 amide bonds. The molecule has 0 radical (unpaired) electrons. The first-order chi connectivity index (χ1) is 19.4. The number of aromatic nitrogens is 2. The Hall–Kier alpha value is -4.82. The van der Waals surface area contributed by atoms with E-state index in [4.69, 9.17) is 0 Å². The third-order valence-corrected chi connectivity index (χ3v) is 7.00. The molecule has 0 atom stereocenters. The van der Waals surface area contributed by atoms with E-state index in [9.17, 15) is 0 Å². The number of benzene rings is 5. The van der Waals surface area contributed by atoms with Crippen molar-refractivity contribution in [3.05, 3.63) is 156 Å². The second-order valence-electron chi connectivity index (χ2n) is 10.3. The molecule has 1 heterocycles. The Balaban J connectivity index is 0.000000161. The zero-order valence-corrected chi connectivity index (χ0v) is 23.6. The van der Waals surface area contributed by atoms with Gasteiger partial charge in [-0.15, -0.1) is 0 Å². The average molecular weight is 519 g/mol. The van der Waals surface area contributed by atoms with Gasteiger partial charge in [-0.3, -0.25) is 0 Å². The van der Waals surface area contributed by atoms with Crippen molar-refractivity contribution in [3.8, 4) is 44.8 Å². The zero-order valence-electron chi connectivity index (χ0n) is 23.6. The van der Waals surface area contributed by atoms with Crippen LogP contribution in [0.25, 0.3) is 44.8 Å². The molecule has 0 fully saturated rings. The quantitative estimate of drug-likeness (QED) is 0.232. The van der Waals surface area contributed by atoms with Crippen LogP contribution < -0.4 is 0 Å². The van der Waals surface area contributed by atoms with Crippen LogP contribution in [0.2, 0.25) is 0 Å². The molecule has 2 heteroatoms. The lowest BCUT2D eigenvalue weighted by molar-refractivity contribution is 1.18. The van der Waals surface area contributed by atoms with Crippen molar-refractivity contribution in [1.29, 1.82) is 0 Å². The lowest BCUT2D eigenvalue weighted by atomic mass is 9.99. The lowest BCUT2D eigenvalue weighted by Crippen LogP contribution is -1.90. The van der Waals surface area contributed by atoms with E-state index < -0.39 is 0 Å². The maximum atomic E-state index is 4.47. The highest BCUT2D eigenvalue weighted by Gasteiger charge is 2.03. The van der Waals surface area contributed by atoms with Gasteiger partial charge in [0.15, 0.2) is 5.82 Å². The van der Waals surface area contributed by atoms with Gasteiger partial charge in [-0.25, -0.2) is 9.97 Å². The van der Waals surface area contributed by atoms with Crippen molar-refractivity contribution in [2.75, 3.05) is 0 Å². The summed E-state index contributed by atoms with van der Waals surface area (Å²) in [5.74, 6) is 0.765. The minimum absolute atomic E-state index is 0.765. The van der Waals surface area contributed by atoms with Crippen molar-refractivity contribution in [2.24, 2.45) is 0 Å². The van der Waals surface area contributed by atoms with Gasteiger partial charge in [0.25, 0.3) is 0 Å². The Bertz CT molecular complexity index is 1390. The van der Waals surface area contributed by atoms with E-state index in [1.807, 2.05) is 12.4 Å². The Morgan fingerprint density at radius 2 is 0.500 bits per heavy atom. The van der Waals surface area contributed by atoms with Crippen molar-refractivity contribution in [2.45, 2.75) is 27.7 Å². The second-order valence-corrected chi connectivity index (χ2v) is 10.3. The summed E-state index contributed by atoms with van der Waals surface area (Å²) >= 11 is 0. The molecule has 2 nitrogen and oxygen atoms in total. The van der Waals surface area contributed by atoms with Gasteiger partial charge in [0.2, 0.25) is 0 Å². The Morgan fingerprint density at radius 3 is 0.800 bits per heavy atom. The smallest absolute Gasteiger partial charge is 0.159 e. The first-order valence-electron chi connectivity index (χ1n) is 13.6. The summed E-state index contributed by atoms with van der Waals surface area (Å²) in [5, 5.41) is 0. The van der Waals surface area contributed by atoms with Gasteiger partial charge in [-0.1, -0.05) is 144 Å². The highest BCUT2D eigenvalue weighted by Crippen LogP contribution is 2.25. The van der Waals surface area contributed by atoms with Crippen molar-refractivity contribution in [3.63, 3.8) is 0 Å². The number of rotatable bonds is 4. The summed E-state index contributed by atoms with van der Waals surface area (Å²) in [6.45, 7) is 8.39. The maximum absolute atomic E-state index is 4.47. The van der Waals surface area contributed by atoms with Crippen LogP contribution in [0.5, 0.6) is 0 Å². The molecule has 6 aromatic rings. The van der Waals surface area contributed by atoms with Crippen LogP contribution in [0, 0.1) is 27.7 Å². The predicted octanol–water partition coefficient (Wildman–Crippen LogP) is 10.1. The maximum Gasteiger partial charge on any atom is 0.159 e. The van der Waals surface area contributed by atoms with Gasteiger partial charge in [-0.05, 0) is 55.5 Å². The molecule has 0 unspecified atom stereocenters. The van der Waals surface area contributed by atoms with Crippen LogP contribution in [0.3, 0.4) is 0 Å². The molecule has 5 aromatic carbocycles. The molecular weight excluding hydrogens is 484 g/mol. The monoisotopic (exact) mass is 518 g/mol. The van der Waals surface area contributed by atoms with E-state index in [-0.39, 0.29) is 0 Å². The summed E-state index contributed by atoms with van der Waals surface area (Å²) in [6.07, 6.45) is 3.76. The minimum atomic E-state index is 0.765. The van der Waals surface area contributed by atoms with Crippen LogP contribution in [0.15, 0.2) is 134 Å². The van der Waals surface area contributed by atoms with E-state index in [1.54, 1.807) is 0 Å². The molecule has 40 heavy (non-hydrogen) atoms. The summed E-state index contributed by atoms with van der Waals surface area (Å²) in [4.78, 5) is 8.93. The van der Waals surface area contributed by atoms with E-state index in [0.29, 0.717) is 0 Å². The summed E-state index contributed by atoms with van der Waals surface area (Å²) in [7, 11) is 0. The number of hydrogen-bond acceptors (Lipinski definition) is 2. The third kappa shape index (κ3) is 6.78. The molecule has 196 valence electrons. The molecule has 6 rings (SSSR count). The van der Waals surface area contributed by atoms with Crippen LogP contribution in [0.1, 0.15) is 22.3 Å². The van der Waals surface area contributed by atoms with Gasteiger partial charge >= 0.3 is 0 Å². The van der Waals surface area contributed by atoms with Gasteiger partial charge in [0.1, 0.15) is 0 Å². The van der Waals surface area contributed by atoms with E-state index in [0.717, 1.165) is 22.5 Å². The molecule has 0 aliphatic heterocycles. The minimum Gasteiger partial charge on any atom is -0.236 e. The van der Waals surface area contributed by atoms with Gasteiger partial charge in [0.05, 0.1) is 0 Å². The molecule has 0 spiro atoms. The number of hydrogen-bond donors (Lipinski definition) is 0. The first-order valence-corrected chi connectivity index (χ1v) is 13.6. The van der Waals surface area contributed by atoms with Gasteiger partial charge in [-0.2, -0.15) is 0 Å². The van der Waals surface area contributed by atoms with Crippen LogP contribution in [-0.2, 0) is 0 Å². The normalized spacial score (nSPS) is 10.5. The molecular formula is C38H34N2. The number of nitrogens with zero attached hydrogens (tertiary/aromatic N) is 2. The SMILES string of the molecule is Cc1ccc(-c2ccc(-c3ccc(C)cc3)cc2)cc1.Cc1ccc(-c2cnc(-c3ccc(C)cc3)nc2)cc1. The van der Waals surface area contributed by atoms with Crippen molar-refractivity contribution in [1.82, 2.24) is 9.97 Å². The molecule has 0 saturated heterocycles. The Kier molecular flexibility index (Phi) is 8.27. The van der Waals surface area contributed by atoms with Gasteiger partial charge < -0.3 is 0 Å². The fraction of sp³-hybridized carbons (Fsp3) is 0.105. The summed E-state index contributed by atoms with van der Waals surface area (Å²) < 4.78 is 0. The van der Waals surface area contributed by atoms with Gasteiger partial charge in [0, 0.05) is 23.5 Å². The Morgan fingerprint density at radius 1 is 0.275 bits per heavy atom. The highest BCUT2D eigenvalue weighted by atomic mass is 14.9. The van der Waals surface area contributed by atoms with E-state index >= 15 is 0 Å². The first kappa shape index (κ1) is 26.8. The molecule has 0 aliphatic carbocycles. The second kappa shape index (κ2) is 12.4. The van der Waals surface area contributed by atoms with Crippen molar-refractivity contribution >= 4 is 0 Å². The molecule has 0 aliphatic rings. The fourth-order valence-electron chi connectivity index (χ4n) is 4.42. The highest BCUT2D eigenvalue weighted by molar-refractivity contribution is 5.70. The third-order valence-electron chi connectivity index (χ3n) is 7.00. The topological polar surface area (TPSA) is 25.8 Å². The zero-order chi connectivity index (χ0) is 27.9. The molecule has 0 saturated carbocycles. The van der Waals surface area contributed by atoms with Crippen LogP contribution in [0.4, 0.5) is 0 Å². The average Bonchev–Trinajstić information content (AvgIpc) is 2.99. The standard InChI is InChI=1S/C20H18.C18H16N2/c1-15-3-7-17(8-4-15)19-11-13-20(14-12-19)18-9-5-16(2)6-10-18;1-13-3-7-15(8-4-13)17-11-19-18(20-12-17)16-9-5-14(2)6-10-16/h3-14H,1-2H3;3-12H,1-2H3. The lowest BCUT2D eigenvalue weighted by Gasteiger charge is -2.06. The predicted molar refractivity (Wildman–Crippen MR) is 169 cm³/mol.